The minimum Gasteiger partial charge on any atom is -0.386 e. The Balaban J connectivity index is 2.20. The van der Waals surface area contributed by atoms with E-state index in [1.807, 2.05) is 12.1 Å². The van der Waals surface area contributed by atoms with Crippen LogP contribution >= 0.6 is 11.6 Å². The lowest BCUT2D eigenvalue weighted by Crippen LogP contribution is -2.16. The Morgan fingerprint density at radius 2 is 1.78 bits per heavy atom. The molecule has 0 atom stereocenters. The third kappa shape index (κ3) is 3.07. The first-order valence-electron chi connectivity index (χ1n) is 6.90. The van der Waals surface area contributed by atoms with E-state index in [4.69, 9.17) is 11.6 Å². The molecule has 0 spiro atoms. The SMILES string of the molecule is CC1CCC(c2ccc(C(C)(C)O)cc2Cl)CC1. The molecule has 1 fully saturated rings. The molecule has 18 heavy (non-hydrogen) atoms. The topological polar surface area (TPSA) is 20.2 Å². The lowest BCUT2D eigenvalue weighted by atomic mass is 9.79. The van der Waals surface area contributed by atoms with Gasteiger partial charge >= 0.3 is 0 Å². The highest BCUT2D eigenvalue weighted by Crippen LogP contribution is 2.39. The predicted molar refractivity (Wildman–Crippen MR) is 77.1 cm³/mol. The maximum absolute atomic E-state index is 9.99. The van der Waals surface area contributed by atoms with Crippen LogP contribution in [0.25, 0.3) is 0 Å². The van der Waals surface area contributed by atoms with E-state index in [-0.39, 0.29) is 0 Å². The van der Waals surface area contributed by atoms with E-state index >= 15 is 0 Å². The quantitative estimate of drug-likeness (QED) is 0.810. The largest absolute Gasteiger partial charge is 0.386 e. The second-order valence-electron chi connectivity index (χ2n) is 6.25. The number of halogens is 1. The first-order valence-corrected chi connectivity index (χ1v) is 7.28. The highest BCUT2D eigenvalue weighted by Gasteiger charge is 2.23. The Morgan fingerprint density at radius 3 is 2.28 bits per heavy atom. The normalized spacial score (nSPS) is 25.2. The Labute approximate surface area is 115 Å². The molecular weight excluding hydrogens is 244 g/mol. The third-order valence-corrected chi connectivity index (χ3v) is 4.49. The van der Waals surface area contributed by atoms with Crippen LogP contribution in [0.5, 0.6) is 0 Å². The second-order valence-corrected chi connectivity index (χ2v) is 6.66. The summed E-state index contributed by atoms with van der Waals surface area (Å²) in [6.45, 7) is 5.91. The smallest absolute Gasteiger partial charge is 0.0841 e. The van der Waals surface area contributed by atoms with Crippen LogP contribution < -0.4 is 0 Å². The second kappa shape index (κ2) is 5.22. The maximum atomic E-state index is 9.99. The highest BCUT2D eigenvalue weighted by atomic mass is 35.5. The maximum Gasteiger partial charge on any atom is 0.0841 e. The van der Waals surface area contributed by atoms with Crippen molar-refractivity contribution >= 4 is 11.6 Å². The van der Waals surface area contributed by atoms with Gasteiger partial charge in [0.05, 0.1) is 5.60 Å². The number of rotatable bonds is 2. The first-order chi connectivity index (χ1) is 8.38. The molecule has 0 radical (unpaired) electrons. The van der Waals surface area contributed by atoms with Crippen LogP contribution in [0.1, 0.15) is 63.5 Å². The highest BCUT2D eigenvalue weighted by molar-refractivity contribution is 6.31. The van der Waals surface area contributed by atoms with Gasteiger partial charge in [0, 0.05) is 5.02 Å². The van der Waals surface area contributed by atoms with Gasteiger partial charge in [0.2, 0.25) is 0 Å². The monoisotopic (exact) mass is 266 g/mol. The Hall–Kier alpha value is -0.530. The molecule has 1 aromatic rings. The molecular formula is C16H23ClO. The van der Waals surface area contributed by atoms with Crippen LogP contribution in [-0.2, 0) is 5.60 Å². The fourth-order valence-corrected chi connectivity index (χ4v) is 3.14. The lowest BCUT2D eigenvalue weighted by Gasteiger charge is -2.28. The number of aliphatic hydroxyl groups is 1. The summed E-state index contributed by atoms with van der Waals surface area (Å²) in [6.07, 6.45) is 5.08. The van der Waals surface area contributed by atoms with Gasteiger partial charge in [-0.15, -0.1) is 0 Å². The predicted octanol–water partition coefficient (Wildman–Crippen LogP) is 4.86. The lowest BCUT2D eigenvalue weighted by molar-refractivity contribution is 0.0786. The van der Waals surface area contributed by atoms with Gasteiger partial charge in [-0.05, 0) is 55.7 Å². The molecule has 1 N–H and O–H groups in total. The minimum absolute atomic E-state index is 0.601. The van der Waals surface area contributed by atoms with Crippen molar-refractivity contribution in [1.82, 2.24) is 0 Å². The van der Waals surface area contributed by atoms with E-state index in [2.05, 4.69) is 13.0 Å². The van der Waals surface area contributed by atoms with E-state index in [0.29, 0.717) is 5.92 Å². The van der Waals surface area contributed by atoms with Crippen molar-refractivity contribution in [2.45, 2.75) is 58.0 Å². The van der Waals surface area contributed by atoms with Crippen molar-refractivity contribution in [1.29, 1.82) is 0 Å². The molecule has 0 aliphatic heterocycles. The summed E-state index contributed by atoms with van der Waals surface area (Å²) in [7, 11) is 0. The van der Waals surface area contributed by atoms with Gasteiger partial charge in [-0.3, -0.25) is 0 Å². The van der Waals surface area contributed by atoms with Gasteiger partial charge in [0.15, 0.2) is 0 Å². The summed E-state index contributed by atoms with van der Waals surface area (Å²) < 4.78 is 0. The fraction of sp³-hybridized carbons (Fsp3) is 0.625. The van der Waals surface area contributed by atoms with Gasteiger partial charge < -0.3 is 5.11 Å². The van der Waals surface area contributed by atoms with Crippen molar-refractivity contribution in [3.63, 3.8) is 0 Å². The Morgan fingerprint density at radius 1 is 1.17 bits per heavy atom. The molecule has 1 saturated carbocycles. The summed E-state index contributed by atoms with van der Waals surface area (Å²) >= 11 is 6.39. The number of hydrogen-bond donors (Lipinski definition) is 1. The summed E-state index contributed by atoms with van der Waals surface area (Å²) in [5.74, 6) is 1.46. The van der Waals surface area contributed by atoms with Gasteiger partial charge in [-0.1, -0.05) is 43.5 Å². The van der Waals surface area contributed by atoms with E-state index in [1.54, 1.807) is 13.8 Å². The molecule has 0 heterocycles. The molecule has 0 aromatic heterocycles. The van der Waals surface area contributed by atoms with Crippen LogP contribution in [-0.4, -0.2) is 5.11 Å². The standard InChI is InChI=1S/C16H23ClO/c1-11-4-6-12(7-5-11)14-9-8-13(10-15(14)17)16(2,3)18/h8-12,18H,4-7H2,1-3H3. The molecule has 0 bridgehead atoms. The molecule has 0 amide bonds. The molecule has 2 heteroatoms. The molecule has 2 rings (SSSR count). The molecule has 0 saturated heterocycles. The van der Waals surface area contributed by atoms with E-state index < -0.39 is 5.60 Å². The third-order valence-electron chi connectivity index (χ3n) is 4.16. The zero-order valence-electron chi connectivity index (χ0n) is 11.5. The van der Waals surface area contributed by atoms with Crippen LogP contribution in [0.2, 0.25) is 5.02 Å². The number of benzene rings is 1. The average Bonchev–Trinajstić information content (AvgIpc) is 2.29. The molecule has 1 aliphatic carbocycles. The van der Waals surface area contributed by atoms with E-state index in [9.17, 15) is 5.11 Å². The van der Waals surface area contributed by atoms with Crippen LogP contribution in [0.4, 0.5) is 0 Å². The molecule has 100 valence electrons. The van der Waals surface area contributed by atoms with Crippen molar-refractivity contribution in [3.8, 4) is 0 Å². The Bertz CT molecular complexity index is 412. The van der Waals surface area contributed by atoms with Gasteiger partial charge in [-0.2, -0.15) is 0 Å². The fourth-order valence-electron chi connectivity index (χ4n) is 2.81. The van der Waals surface area contributed by atoms with Crippen molar-refractivity contribution < 1.29 is 5.11 Å². The van der Waals surface area contributed by atoms with Crippen molar-refractivity contribution in [2.24, 2.45) is 5.92 Å². The van der Waals surface area contributed by atoms with Crippen molar-refractivity contribution in [3.05, 3.63) is 34.3 Å². The van der Waals surface area contributed by atoms with Crippen LogP contribution in [0, 0.1) is 5.92 Å². The van der Waals surface area contributed by atoms with Gasteiger partial charge in [-0.25, -0.2) is 0 Å². The minimum atomic E-state index is -0.816. The van der Waals surface area contributed by atoms with Gasteiger partial charge in [0.25, 0.3) is 0 Å². The molecule has 0 unspecified atom stereocenters. The zero-order chi connectivity index (χ0) is 13.3. The first kappa shape index (κ1) is 13.9. The van der Waals surface area contributed by atoms with Gasteiger partial charge in [0.1, 0.15) is 0 Å². The molecule has 1 aliphatic rings. The van der Waals surface area contributed by atoms with E-state index in [1.165, 1.54) is 31.2 Å². The molecule has 1 nitrogen and oxygen atoms in total. The summed E-state index contributed by atoms with van der Waals surface area (Å²) in [5.41, 5.74) is 1.33. The summed E-state index contributed by atoms with van der Waals surface area (Å²) in [6, 6.07) is 6.05. The summed E-state index contributed by atoms with van der Waals surface area (Å²) in [5, 5.41) is 10.8. The zero-order valence-corrected chi connectivity index (χ0v) is 12.3. The molecule has 1 aromatic carbocycles. The van der Waals surface area contributed by atoms with Crippen molar-refractivity contribution in [2.75, 3.05) is 0 Å². The Kier molecular flexibility index (Phi) is 4.03. The van der Waals surface area contributed by atoms with Crippen LogP contribution in [0.3, 0.4) is 0 Å². The van der Waals surface area contributed by atoms with E-state index in [0.717, 1.165) is 16.5 Å². The average molecular weight is 267 g/mol. The van der Waals surface area contributed by atoms with Crippen LogP contribution in [0.15, 0.2) is 18.2 Å². The summed E-state index contributed by atoms with van der Waals surface area (Å²) in [4.78, 5) is 0. The number of hydrogen-bond acceptors (Lipinski definition) is 1.